The standard InChI is InChI=1S/C22H32Si2/c1-17(2)23(5)16-22(19-12-8-7-9-13-19)24(6,18(3)4)21-15-11-10-14-20(21)23/h7-15,17-18,22H,16H2,1-6H3/t22-,23+,24-/m0/s1. The van der Waals surface area contributed by atoms with Gasteiger partial charge in [-0.3, -0.25) is 0 Å². The number of fused-ring (bicyclic) bond motifs is 1. The molecule has 0 aliphatic carbocycles. The van der Waals surface area contributed by atoms with Gasteiger partial charge in [-0.05, 0) is 28.2 Å². The van der Waals surface area contributed by atoms with Crippen LogP contribution in [0.4, 0.5) is 0 Å². The van der Waals surface area contributed by atoms with Crippen LogP contribution in [0.25, 0.3) is 0 Å². The molecule has 0 amide bonds. The van der Waals surface area contributed by atoms with Crippen molar-refractivity contribution < 1.29 is 0 Å². The highest BCUT2D eigenvalue weighted by Crippen LogP contribution is 2.45. The van der Waals surface area contributed by atoms with Crippen LogP contribution in [0.5, 0.6) is 0 Å². The first-order chi connectivity index (χ1) is 11.3. The van der Waals surface area contributed by atoms with Crippen molar-refractivity contribution in [3.8, 4) is 0 Å². The quantitative estimate of drug-likeness (QED) is 0.648. The lowest BCUT2D eigenvalue weighted by Crippen LogP contribution is -2.71. The summed E-state index contributed by atoms with van der Waals surface area (Å²) in [6, 6.07) is 22.4. The number of hydrogen-bond acceptors (Lipinski definition) is 0. The lowest BCUT2D eigenvalue weighted by Gasteiger charge is -2.52. The molecule has 2 heteroatoms. The van der Waals surface area contributed by atoms with E-state index in [0.29, 0.717) is 0 Å². The third kappa shape index (κ3) is 2.55. The first-order valence-corrected chi connectivity index (χ1v) is 14.9. The minimum absolute atomic E-state index is 0.757. The average molecular weight is 353 g/mol. The smallest absolute Gasteiger partial charge is 0.0650 e. The zero-order valence-electron chi connectivity index (χ0n) is 16.1. The van der Waals surface area contributed by atoms with Crippen LogP contribution in [-0.2, 0) is 0 Å². The molecule has 0 spiro atoms. The molecule has 0 nitrogen and oxygen atoms in total. The fraction of sp³-hybridized carbons (Fsp3) is 0.455. The van der Waals surface area contributed by atoms with Gasteiger partial charge in [0, 0.05) is 0 Å². The molecule has 24 heavy (non-hydrogen) atoms. The minimum Gasteiger partial charge on any atom is -0.0650 e. The third-order valence-corrected chi connectivity index (χ3v) is 19.3. The van der Waals surface area contributed by atoms with Crippen LogP contribution in [-0.4, -0.2) is 16.1 Å². The first kappa shape index (κ1) is 17.7. The van der Waals surface area contributed by atoms with Crippen LogP contribution < -0.4 is 10.4 Å². The minimum atomic E-state index is -1.60. The molecule has 1 heterocycles. The number of benzene rings is 2. The summed E-state index contributed by atoms with van der Waals surface area (Å²) >= 11 is 0. The van der Waals surface area contributed by atoms with Gasteiger partial charge in [0.25, 0.3) is 0 Å². The second kappa shape index (κ2) is 6.31. The van der Waals surface area contributed by atoms with E-state index in [1.165, 1.54) is 6.04 Å². The molecule has 0 saturated heterocycles. The fourth-order valence-corrected chi connectivity index (χ4v) is 16.8. The highest BCUT2D eigenvalue weighted by molar-refractivity contribution is 7.05. The lowest BCUT2D eigenvalue weighted by molar-refractivity contribution is 0.877. The SMILES string of the molecule is CC(C)[Si@@]1(C)C[C@@H](c2ccccc2)[Si@@](C)(C(C)C)c2ccccc21. The third-order valence-electron chi connectivity index (χ3n) is 7.15. The van der Waals surface area contributed by atoms with Gasteiger partial charge in [-0.15, -0.1) is 0 Å². The van der Waals surface area contributed by atoms with Crippen molar-refractivity contribution in [2.24, 2.45) is 0 Å². The number of rotatable bonds is 3. The summed E-state index contributed by atoms with van der Waals surface area (Å²) in [6.07, 6.45) is 0. The van der Waals surface area contributed by atoms with Gasteiger partial charge < -0.3 is 0 Å². The summed E-state index contributed by atoms with van der Waals surface area (Å²) in [5.41, 5.74) is 3.90. The summed E-state index contributed by atoms with van der Waals surface area (Å²) in [4.78, 5) is 0. The Morgan fingerprint density at radius 1 is 0.750 bits per heavy atom. The Kier molecular flexibility index (Phi) is 4.65. The molecule has 128 valence electrons. The zero-order valence-corrected chi connectivity index (χ0v) is 18.1. The van der Waals surface area contributed by atoms with Crippen molar-refractivity contribution in [1.82, 2.24) is 0 Å². The maximum atomic E-state index is 2.66. The van der Waals surface area contributed by atoms with Gasteiger partial charge in [-0.1, -0.05) is 106 Å². The Hall–Kier alpha value is -1.13. The molecule has 3 atom stereocenters. The Morgan fingerprint density at radius 3 is 1.83 bits per heavy atom. The van der Waals surface area contributed by atoms with E-state index in [1.807, 2.05) is 0 Å². The van der Waals surface area contributed by atoms with E-state index in [4.69, 9.17) is 0 Å². The molecular weight excluding hydrogens is 320 g/mol. The molecule has 2 aromatic carbocycles. The van der Waals surface area contributed by atoms with Crippen molar-refractivity contribution in [2.75, 3.05) is 0 Å². The number of hydrogen-bond donors (Lipinski definition) is 0. The highest BCUT2D eigenvalue weighted by Gasteiger charge is 2.53. The molecular formula is C22H32Si2. The van der Waals surface area contributed by atoms with Crippen molar-refractivity contribution in [3.63, 3.8) is 0 Å². The Bertz CT molecular complexity index is 707. The second-order valence-electron chi connectivity index (χ2n) is 8.72. The molecule has 0 bridgehead atoms. The molecule has 1 aliphatic rings. The molecule has 0 saturated carbocycles. The molecule has 1 aliphatic heterocycles. The van der Waals surface area contributed by atoms with E-state index < -0.39 is 16.1 Å². The van der Waals surface area contributed by atoms with E-state index in [-0.39, 0.29) is 0 Å². The van der Waals surface area contributed by atoms with Gasteiger partial charge in [0.2, 0.25) is 0 Å². The summed E-state index contributed by atoms with van der Waals surface area (Å²) in [5.74, 6) is 0. The Balaban J connectivity index is 2.28. The first-order valence-electron chi connectivity index (χ1n) is 9.46. The van der Waals surface area contributed by atoms with Crippen LogP contribution in [0, 0.1) is 0 Å². The molecule has 0 radical (unpaired) electrons. The summed E-state index contributed by atoms with van der Waals surface area (Å²) in [5, 5.41) is 3.54. The van der Waals surface area contributed by atoms with E-state index in [9.17, 15) is 0 Å². The van der Waals surface area contributed by atoms with E-state index in [2.05, 4.69) is 95.4 Å². The monoisotopic (exact) mass is 352 g/mol. The largest absolute Gasteiger partial charge is 0.0931 e. The maximum absolute atomic E-state index is 2.66. The van der Waals surface area contributed by atoms with Crippen LogP contribution in [0.1, 0.15) is 38.8 Å². The van der Waals surface area contributed by atoms with E-state index >= 15 is 0 Å². The molecule has 0 N–H and O–H groups in total. The normalized spacial score (nSPS) is 29.8. The van der Waals surface area contributed by atoms with Crippen molar-refractivity contribution in [3.05, 3.63) is 60.2 Å². The lowest BCUT2D eigenvalue weighted by atomic mass is 10.2. The summed E-state index contributed by atoms with van der Waals surface area (Å²) < 4.78 is 0. The molecule has 3 rings (SSSR count). The van der Waals surface area contributed by atoms with Crippen LogP contribution in [0.15, 0.2) is 54.6 Å². The maximum Gasteiger partial charge on any atom is 0.0931 e. The van der Waals surface area contributed by atoms with Crippen molar-refractivity contribution >= 4 is 26.5 Å². The van der Waals surface area contributed by atoms with E-state index in [0.717, 1.165) is 16.6 Å². The van der Waals surface area contributed by atoms with Gasteiger partial charge in [0.15, 0.2) is 0 Å². The van der Waals surface area contributed by atoms with Gasteiger partial charge in [-0.2, -0.15) is 0 Å². The van der Waals surface area contributed by atoms with Gasteiger partial charge in [0.1, 0.15) is 0 Å². The summed E-state index contributed by atoms with van der Waals surface area (Å²) in [7, 11) is -3.09. The Morgan fingerprint density at radius 2 is 1.29 bits per heavy atom. The predicted molar refractivity (Wildman–Crippen MR) is 113 cm³/mol. The second-order valence-corrected chi connectivity index (χ2v) is 18.6. The van der Waals surface area contributed by atoms with E-state index in [1.54, 1.807) is 15.9 Å². The molecule has 0 unspecified atom stereocenters. The summed E-state index contributed by atoms with van der Waals surface area (Å²) in [6.45, 7) is 15.2. The topological polar surface area (TPSA) is 0 Å². The highest BCUT2D eigenvalue weighted by atomic mass is 28.3. The zero-order chi connectivity index (χ0) is 17.5. The van der Waals surface area contributed by atoms with Gasteiger partial charge >= 0.3 is 0 Å². The van der Waals surface area contributed by atoms with Crippen LogP contribution >= 0.6 is 0 Å². The van der Waals surface area contributed by atoms with Crippen molar-refractivity contribution in [2.45, 2.75) is 63.5 Å². The Labute approximate surface area is 150 Å². The van der Waals surface area contributed by atoms with Crippen LogP contribution in [0.2, 0.25) is 30.2 Å². The molecule has 0 aromatic heterocycles. The average Bonchev–Trinajstić information content (AvgIpc) is 2.58. The molecule has 0 fully saturated rings. The van der Waals surface area contributed by atoms with Crippen LogP contribution in [0.3, 0.4) is 0 Å². The molecule has 2 aromatic rings. The van der Waals surface area contributed by atoms with Crippen molar-refractivity contribution in [1.29, 1.82) is 0 Å². The fourth-order valence-electron chi connectivity index (χ4n) is 4.79. The van der Waals surface area contributed by atoms with Gasteiger partial charge in [0.05, 0.1) is 16.1 Å². The predicted octanol–water partition coefficient (Wildman–Crippen LogP) is 5.41. The van der Waals surface area contributed by atoms with Gasteiger partial charge in [-0.25, -0.2) is 0 Å².